The molecule has 0 aromatic rings. The molecule has 0 saturated carbocycles. The lowest BCUT2D eigenvalue weighted by atomic mass is 10.1. The van der Waals surface area contributed by atoms with Crippen molar-refractivity contribution >= 4 is 5.91 Å². The van der Waals surface area contributed by atoms with Crippen LogP contribution >= 0.6 is 0 Å². The molecule has 0 aromatic heterocycles. The van der Waals surface area contributed by atoms with Gasteiger partial charge in [-0.1, -0.05) is 26.7 Å². The fourth-order valence-electron chi connectivity index (χ4n) is 2.93. The molecule has 0 bridgehead atoms. The standard InChI is InChI=1S/C15H31N3O/c1-4-13(5-2)17-15(19)12(3)18-10-8-6-7-9-14(18)11-16/h12-14H,4-11,16H2,1-3H3,(H,17,19). The van der Waals surface area contributed by atoms with Crippen molar-refractivity contribution in [1.29, 1.82) is 0 Å². The number of carbonyl (C=O) groups excluding carboxylic acids is 1. The van der Waals surface area contributed by atoms with E-state index in [0.29, 0.717) is 18.6 Å². The average molecular weight is 269 g/mol. The molecular weight excluding hydrogens is 238 g/mol. The molecule has 2 atom stereocenters. The van der Waals surface area contributed by atoms with E-state index in [1.165, 1.54) is 19.3 Å². The lowest BCUT2D eigenvalue weighted by Crippen LogP contribution is -2.53. The Morgan fingerprint density at radius 3 is 2.58 bits per heavy atom. The molecule has 1 aliphatic heterocycles. The van der Waals surface area contributed by atoms with Crippen molar-refractivity contribution < 1.29 is 4.79 Å². The minimum Gasteiger partial charge on any atom is -0.352 e. The molecular formula is C15H31N3O. The van der Waals surface area contributed by atoms with Crippen LogP contribution in [0.4, 0.5) is 0 Å². The van der Waals surface area contributed by atoms with Crippen LogP contribution in [0.25, 0.3) is 0 Å². The zero-order valence-corrected chi connectivity index (χ0v) is 12.8. The van der Waals surface area contributed by atoms with Crippen LogP contribution in [0, 0.1) is 0 Å². The topological polar surface area (TPSA) is 58.4 Å². The lowest BCUT2D eigenvalue weighted by molar-refractivity contribution is -0.127. The predicted molar refractivity (Wildman–Crippen MR) is 80.0 cm³/mol. The molecule has 1 fully saturated rings. The van der Waals surface area contributed by atoms with E-state index >= 15 is 0 Å². The second-order valence-corrected chi connectivity index (χ2v) is 5.67. The van der Waals surface area contributed by atoms with Gasteiger partial charge in [0.2, 0.25) is 5.91 Å². The molecule has 4 heteroatoms. The van der Waals surface area contributed by atoms with Crippen LogP contribution in [-0.2, 0) is 4.79 Å². The van der Waals surface area contributed by atoms with Crippen LogP contribution in [0.5, 0.6) is 0 Å². The number of hydrogen-bond donors (Lipinski definition) is 2. The van der Waals surface area contributed by atoms with Gasteiger partial charge in [-0.3, -0.25) is 9.69 Å². The van der Waals surface area contributed by atoms with E-state index in [1.807, 2.05) is 6.92 Å². The van der Waals surface area contributed by atoms with Crippen molar-refractivity contribution in [2.75, 3.05) is 13.1 Å². The van der Waals surface area contributed by atoms with Gasteiger partial charge in [0.15, 0.2) is 0 Å². The summed E-state index contributed by atoms with van der Waals surface area (Å²) in [6.45, 7) is 7.91. The van der Waals surface area contributed by atoms with E-state index in [9.17, 15) is 4.79 Å². The second kappa shape index (κ2) is 8.54. The van der Waals surface area contributed by atoms with Gasteiger partial charge in [-0.15, -0.1) is 0 Å². The quantitative estimate of drug-likeness (QED) is 0.774. The fourth-order valence-corrected chi connectivity index (χ4v) is 2.93. The van der Waals surface area contributed by atoms with Gasteiger partial charge in [-0.05, 0) is 39.2 Å². The largest absolute Gasteiger partial charge is 0.352 e. The Hall–Kier alpha value is -0.610. The molecule has 1 amide bonds. The highest BCUT2D eigenvalue weighted by Gasteiger charge is 2.28. The third-order valence-electron chi connectivity index (χ3n) is 4.40. The number of carbonyl (C=O) groups is 1. The molecule has 2 unspecified atom stereocenters. The van der Waals surface area contributed by atoms with Crippen LogP contribution in [0.15, 0.2) is 0 Å². The normalized spacial score (nSPS) is 23.1. The van der Waals surface area contributed by atoms with Crippen molar-refractivity contribution in [2.45, 2.75) is 77.4 Å². The van der Waals surface area contributed by atoms with Crippen molar-refractivity contribution in [1.82, 2.24) is 10.2 Å². The summed E-state index contributed by atoms with van der Waals surface area (Å²) in [5.41, 5.74) is 5.88. The maximum atomic E-state index is 12.4. The Labute approximate surface area is 118 Å². The van der Waals surface area contributed by atoms with Crippen molar-refractivity contribution in [3.63, 3.8) is 0 Å². The molecule has 0 spiro atoms. The Balaban J connectivity index is 2.61. The third-order valence-corrected chi connectivity index (χ3v) is 4.40. The molecule has 19 heavy (non-hydrogen) atoms. The molecule has 0 aliphatic carbocycles. The summed E-state index contributed by atoms with van der Waals surface area (Å²) in [4.78, 5) is 14.7. The predicted octanol–water partition coefficient (Wildman–Crippen LogP) is 1.88. The Kier molecular flexibility index (Phi) is 7.39. The van der Waals surface area contributed by atoms with Gasteiger partial charge in [0.05, 0.1) is 6.04 Å². The molecule has 0 aromatic carbocycles. The average Bonchev–Trinajstić information content (AvgIpc) is 2.68. The van der Waals surface area contributed by atoms with E-state index in [1.54, 1.807) is 0 Å². The van der Waals surface area contributed by atoms with Crippen molar-refractivity contribution in [2.24, 2.45) is 5.73 Å². The lowest BCUT2D eigenvalue weighted by Gasteiger charge is -2.34. The van der Waals surface area contributed by atoms with Crippen molar-refractivity contribution in [3.05, 3.63) is 0 Å². The zero-order chi connectivity index (χ0) is 14.3. The minimum atomic E-state index is -0.0627. The first-order valence-electron chi connectivity index (χ1n) is 7.90. The molecule has 4 nitrogen and oxygen atoms in total. The van der Waals surface area contributed by atoms with Crippen LogP contribution in [-0.4, -0.2) is 42.0 Å². The van der Waals surface area contributed by atoms with E-state index < -0.39 is 0 Å². The monoisotopic (exact) mass is 269 g/mol. The first-order valence-corrected chi connectivity index (χ1v) is 7.90. The number of hydrogen-bond acceptors (Lipinski definition) is 3. The Morgan fingerprint density at radius 2 is 2.00 bits per heavy atom. The van der Waals surface area contributed by atoms with E-state index in [2.05, 4.69) is 24.1 Å². The molecule has 3 N–H and O–H groups in total. The zero-order valence-electron chi connectivity index (χ0n) is 12.8. The summed E-state index contributed by atoms with van der Waals surface area (Å²) in [5, 5.41) is 3.16. The maximum Gasteiger partial charge on any atom is 0.237 e. The molecule has 1 heterocycles. The second-order valence-electron chi connectivity index (χ2n) is 5.67. The van der Waals surface area contributed by atoms with Gasteiger partial charge in [0, 0.05) is 18.6 Å². The minimum absolute atomic E-state index is 0.0627. The highest BCUT2D eigenvalue weighted by Crippen LogP contribution is 2.18. The molecule has 0 radical (unpaired) electrons. The van der Waals surface area contributed by atoms with Crippen LogP contribution in [0.3, 0.4) is 0 Å². The number of nitrogens with zero attached hydrogens (tertiary/aromatic N) is 1. The first kappa shape index (κ1) is 16.4. The summed E-state index contributed by atoms with van der Waals surface area (Å²) in [6, 6.07) is 0.607. The van der Waals surface area contributed by atoms with Gasteiger partial charge < -0.3 is 11.1 Å². The summed E-state index contributed by atoms with van der Waals surface area (Å²) < 4.78 is 0. The number of amides is 1. The van der Waals surface area contributed by atoms with Crippen LogP contribution in [0.1, 0.15) is 59.3 Å². The maximum absolute atomic E-state index is 12.4. The fraction of sp³-hybridized carbons (Fsp3) is 0.933. The van der Waals surface area contributed by atoms with Crippen molar-refractivity contribution in [3.8, 4) is 0 Å². The molecule has 1 aliphatic rings. The van der Waals surface area contributed by atoms with Crippen LogP contribution < -0.4 is 11.1 Å². The Bertz CT molecular complexity index is 266. The summed E-state index contributed by atoms with van der Waals surface area (Å²) in [5.74, 6) is 0.161. The van der Waals surface area contributed by atoms with Gasteiger partial charge >= 0.3 is 0 Å². The number of rotatable bonds is 6. The molecule has 1 saturated heterocycles. The summed E-state index contributed by atoms with van der Waals surface area (Å²) in [7, 11) is 0. The molecule has 112 valence electrons. The van der Waals surface area contributed by atoms with Crippen LogP contribution in [0.2, 0.25) is 0 Å². The smallest absolute Gasteiger partial charge is 0.237 e. The number of nitrogens with two attached hydrogens (primary N) is 1. The molecule has 1 rings (SSSR count). The highest BCUT2D eigenvalue weighted by molar-refractivity contribution is 5.81. The Morgan fingerprint density at radius 1 is 1.32 bits per heavy atom. The van der Waals surface area contributed by atoms with E-state index in [4.69, 9.17) is 5.73 Å². The first-order chi connectivity index (χ1) is 9.13. The third kappa shape index (κ3) is 4.77. The SMILES string of the molecule is CCC(CC)NC(=O)C(C)N1CCCCCC1CN. The highest BCUT2D eigenvalue weighted by atomic mass is 16.2. The van der Waals surface area contributed by atoms with Gasteiger partial charge in [-0.2, -0.15) is 0 Å². The summed E-state index contributed by atoms with van der Waals surface area (Å²) in [6.07, 6.45) is 6.79. The van der Waals surface area contributed by atoms with Gasteiger partial charge in [-0.25, -0.2) is 0 Å². The number of likely N-dealkylation sites (tertiary alicyclic amines) is 1. The van der Waals surface area contributed by atoms with Gasteiger partial charge in [0.25, 0.3) is 0 Å². The van der Waals surface area contributed by atoms with E-state index in [0.717, 1.165) is 25.8 Å². The summed E-state index contributed by atoms with van der Waals surface area (Å²) >= 11 is 0. The number of nitrogens with one attached hydrogen (secondary N) is 1. The van der Waals surface area contributed by atoms with E-state index in [-0.39, 0.29) is 11.9 Å². The van der Waals surface area contributed by atoms with Gasteiger partial charge in [0.1, 0.15) is 0 Å².